The van der Waals surface area contributed by atoms with Crippen LogP contribution in [0.2, 0.25) is 0 Å². The molecule has 11 heteroatoms. The van der Waals surface area contributed by atoms with Gasteiger partial charge in [-0.3, -0.25) is 4.79 Å². The van der Waals surface area contributed by atoms with Crippen LogP contribution >= 0.6 is 0 Å². The molecule has 1 heterocycles. The number of anilines is 2. The van der Waals surface area contributed by atoms with E-state index in [1.165, 1.54) is 26.2 Å². The molecule has 9 nitrogen and oxygen atoms in total. The van der Waals surface area contributed by atoms with Gasteiger partial charge in [0.05, 0.1) is 34.3 Å². The Bertz CT molecular complexity index is 897. The van der Waals surface area contributed by atoms with Gasteiger partial charge in [-0.05, 0) is 31.5 Å². The normalized spacial score (nSPS) is 19.0. The van der Waals surface area contributed by atoms with E-state index in [9.17, 15) is 21.6 Å². The second-order valence-corrected chi connectivity index (χ2v) is 10.9. The number of hydrogen-bond donors (Lipinski definition) is 3. The zero-order valence-corrected chi connectivity index (χ0v) is 17.3. The minimum absolute atomic E-state index is 0.0437. The van der Waals surface area contributed by atoms with Crippen molar-refractivity contribution in [3.8, 4) is 0 Å². The van der Waals surface area contributed by atoms with E-state index in [0.717, 1.165) is 4.31 Å². The molecule has 1 saturated heterocycles. The van der Waals surface area contributed by atoms with Gasteiger partial charge in [-0.2, -0.15) is 0 Å². The number of nitrogens with one attached hydrogen (secondary N) is 3. The lowest BCUT2D eigenvalue weighted by atomic mass is 10.2. The fourth-order valence-electron chi connectivity index (χ4n) is 2.75. The zero-order valence-electron chi connectivity index (χ0n) is 15.6. The Morgan fingerprint density at radius 1 is 1.22 bits per heavy atom. The van der Waals surface area contributed by atoms with Gasteiger partial charge in [0.15, 0.2) is 9.84 Å². The van der Waals surface area contributed by atoms with Crippen molar-refractivity contribution in [1.82, 2.24) is 9.62 Å². The molecule has 27 heavy (non-hydrogen) atoms. The van der Waals surface area contributed by atoms with Crippen molar-refractivity contribution in [2.24, 2.45) is 0 Å². The molecule has 1 aliphatic heterocycles. The summed E-state index contributed by atoms with van der Waals surface area (Å²) in [5.41, 5.74) is 1.15. The van der Waals surface area contributed by atoms with Crippen LogP contribution in [0.25, 0.3) is 0 Å². The van der Waals surface area contributed by atoms with Crippen LogP contribution in [0.3, 0.4) is 0 Å². The summed E-state index contributed by atoms with van der Waals surface area (Å²) in [4.78, 5) is 12.2. The molecule has 3 N–H and O–H groups in total. The Labute approximate surface area is 160 Å². The summed E-state index contributed by atoms with van der Waals surface area (Å²) in [7, 11) is -3.78. The average molecular weight is 419 g/mol. The first kappa shape index (κ1) is 21.5. The molecule has 1 aromatic rings. The van der Waals surface area contributed by atoms with Crippen LogP contribution in [0.1, 0.15) is 13.3 Å². The van der Waals surface area contributed by atoms with E-state index in [4.69, 9.17) is 0 Å². The number of nitrogens with zero attached hydrogens (tertiary/aromatic N) is 1. The molecule has 152 valence electrons. The highest BCUT2D eigenvalue weighted by Gasteiger charge is 2.28. The van der Waals surface area contributed by atoms with Gasteiger partial charge in [-0.25, -0.2) is 21.1 Å². The molecule has 0 spiro atoms. The minimum Gasteiger partial charge on any atom is -0.384 e. The topological polar surface area (TPSA) is 125 Å². The van der Waals surface area contributed by atoms with Gasteiger partial charge in [0.25, 0.3) is 0 Å². The van der Waals surface area contributed by atoms with Crippen molar-refractivity contribution in [2.75, 3.05) is 49.3 Å². The second-order valence-electron chi connectivity index (χ2n) is 6.55. The first-order chi connectivity index (χ1) is 12.5. The van der Waals surface area contributed by atoms with E-state index < -0.39 is 19.9 Å². The van der Waals surface area contributed by atoms with Gasteiger partial charge in [-0.15, -0.1) is 0 Å². The van der Waals surface area contributed by atoms with Gasteiger partial charge < -0.3 is 16.0 Å². The standard InChI is InChI=1S/C16H26N4O5S2/c1-4-17-14-6-5-13(27(24,25)20(2)3)9-15(14)18-10-16(21)19-12-7-8-26(22,23)11-12/h5-6,9,12,17-18H,4,7-8,10-11H2,1-3H3,(H,19,21)/t12-/m0/s1. The van der Waals surface area contributed by atoms with Crippen LogP contribution in [0.5, 0.6) is 0 Å². The molecule has 1 aliphatic rings. The van der Waals surface area contributed by atoms with Crippen molar-refractivity contribution in [3.05, 3.63) is 18.2 Å². The van der Waals surface area contributed by atoms with Crippen LogP contribution in [0, 0.1) is 0 Å². The van der Waals surface area contributed by atoms with Gasteiger partial charge in [-0.1, -0.05) is 0 Å². The van der Waals surface area contributed by atoms with Crippen LogP contribution < -0.4 is 16.0 Å². The first-order valence-corrected chi connectivity index (χ1v) is 11.9. The zero-order chi connectivity index (χ0) is 20.2. The number of sulfonamides is 1. The SMILES string of the molecule is CCNc1ccc(S(=O)(=O)N(C)C)cc1NCC(=O)N[C@H]1CCS(=O)(=O)C1. The third-order valence-corrected chi connectivity index (χ3v) is 7.75. The van der Waals surface area contributed by atoms with E-state index in [1.54, 1.807) is 6.07 Å². The number of rotatable bonds is 8. The molecule has 1 atom stereocenters. The fraction of sp³-hybridized carbons (Fsp3) is 0.562. The van der Waals surface area contributed by atoms with E-state index in [0.29, 0.717) is 24.3 Å². The summed E-state index contributed by atoms with van der Waals surface area (Å²) in [5, 5.41) is 8.74. The van der Waals surface area contributed by atoms with Crippen molar-refractivity contribution < 1.29 is 21.6 Å². The number of carbonyl (C=O) groups excluding carboxylic acids is 1. The van der Waals surface area contributed by atoms with Crippen LogP contribution in [-0.4, -0.2) is 71.8 Å². The summed E-state index contributed by atoms with van der Waals surface area (Å²) >= 11 is 0. The van der Waals surface area contributed by atoms with Crippen molar-refractivity contribution in [3.63, 3.8) is 0 Å². The smallest absolute Gasteiger partial charge is 0.242 e. The predicted octanol–water partition coefficient (Wildman–Crippen LogP) is 0.0839. The molecule has 1 aromatic carbocycles. The third kappa shape index (κ3) is 5.56. The van der Waals surface area contributed by atoms with E-state index in [1.807, 2.05) is 6.92 Å². The quantitative estimate of drug-likeness (QED) is 0.546. The van der Waals surface area contributed by atoms with Gasteiger partial charge in [0, 0.05) is 26.7 Å². The van der Waals surface area contributed by atoms with Crippen molar-refractivity contribution in [1.29, 1.82) is 0 Å². The van der Waals surface area contributed by atoms with Gasteiger partial charge in [0.2, 0.25) is 15.9 Å². The highest BCUT2D eigenvalue weighted by atomic mass is 32.2. The summed E-state index contributed by atoms with van der Waals surface area (Å²) in [6, 6.07) is 4.24. The Hall–Kier alpha value is -1.85. The van der Waals surface area contributed by atoms with Crippen LogP contribution in [0.15, 0.2) is 23.1 Å². The van der Waals surface area contributed by atoms with Crippen LogP contribution in [-0.2, 0) is 24.7 Å². The first-order valence-electron chi connectivity index (χ1n) is 8.59. The minimum atomic E-state index is -3.60. The molecular weight excluding hydrogens is 392 g/mol. The van der Waals surface area contributed by atoms with E-state index in [-0.39, 0.29) is 34.9 Å². The largest absolute Gasteiger partial charge is 0.384 e. The van der Waals surface area contributed by atoms with Gasteiger partial charge in [0.1, 0.15) is 0 Å². The highest BCUT2D eigenvalue weighted by molar-refractivity contribution is 7.91. The molecule has 0 bridgehead atoms. The Balaban J connectivity index is 2.10. The number of carbonyl (C=O) groups is 1. The lowest BCUT2D eigenvalue weighted by Crippen LogP contribution is -2.39. The second kappa shape index (κ2) is 8.44. The summed E-state index contributed by atoms with van der Waals surface area (Å²) < 4.78 is 48.7. The molecule has 1 amide bonds. The number of sulfone groups is 1. The van der Waals surface area contributed by atoms with E-state index in [2.05, 4.69) is 16.0 Å². The molecule has 0 aliphatic carbocycles. The Kier molecular flexibility index (Phi) is 6.71. The maximum atomic E-state index is 12.3. The third-order valence-electron chi connectivity index (χ3n) is 4.17. The summed E-state index contributed by atoms with van der Waals surface area (Å²) in [6.45, 7) is 2.43. The molecule has 0 unspecified atom stereocenters. The average Bonchev–Trinajstić information content (AvgIpc) is 2.92. The lowest BCUT2D eigenvalue weighted by molar-refractivity contribution is -0.119. The maximum absolute atomic E-state index is 12.3. The van der Waals surface area contributed by atoms with Gasteiger partial charge >= 0.3 is 0 Å². The molecule has 1 fully saturated rings. The molecule has 0 radical (unpaired) electrons. The van der Waals surface area contributed by atoms with Crippen LogP contribution in [0.4, 0.5) is 11.4 Å². The lowest BCUT2D eigenvalue weighted by Gasteiger charge is -2.17. The van der Waals surface area contributed by atoms with Crippen molar-refractivity contribution >= 4 is 37.1 Å². The Morgan fingerprint density at radius 3 is 2.48 bits per heavy atom. The van der Waals surface area contributed by atoms with E-state index >= 15 is 0 Å². The fourth-order valence-corrected chi connectivity index (χ4v) is 5.35. The number of hydrogen-bond acceptors (Lipinski definition) is 7. The maximum Gasteiger partial charge on any atom is 0.242 e. The Morgan fingerprint density at radius 2 is 1.93 bits per heavy atom. The predicted molar refractivity (Wildman–Crippen MR) is 105 cm³/mol. The van der Waals surface area contributed by atoms with Crippen molar-refractivity contribution in [2.45, 2.75) is 24.3 Å². The number of benzene rings is 1. The summed E-state index contributed by atoms with van der Waals surface area (Å²) in [6.07, 6.45) is 0.410. The molecule has 0 saturated carbocycles. The molecular formula is C16H26N4O5S2. The highest BCUT2D eigenvalue weighted by Crippen LogP contribution is 2.26. The number of amides is 1. The molecule has 0 aromatic heterocycles. The monoisotopic (exact) mass is 418 g/mol. The summed E-state index contributed by atoms with van der Waals surface area (Å²) in [5.74, 6) is -0.307. The molecule has 2 rings (SSSR count).